The normalized spacial score (nSPS) is 10.9. The van der Waals surface area contributed by atoms with E-state index in [1.54, 1.807) is 7.11 Å². The third-order valence-corrected chi connectivity index (χ3v) is 4.78. The summed E-state index contributed by atoms with van der Waals surface area (Å²) in [7, 11) is 1.62. The summed E-state index contributed by atoms with van der Waals surface area (Å²) < 4.78 is 6.20. The lowest BCUT2D eigenvalue weighted by Crippen LogP contribution is -2.11. The van der Waals surface area contributed by atoms with Crippen LogP contribution in [0.2, 0.25) is 0 Å². The van der Waals surface area contributed by atoms with Crippen LogP contribution in [0.3, 0.4) is 0 Å². The van der Waals surface area contributed by atoms with Crippen LogP contribution in [0.4, 0.5) is 5.13 Å². The number of aromatic nitrogens is 1. The molecule has 0 aliphatic heterocycles. The summed E-state index contributed by atoms with van der Waals surface area (Å²) in [6, 6.07) is 19.3. The Kier molecular flexibility index (Phi) is 3.63. The summed E-state index contributed by atoms with van der Waals surface area (Å²) in [5, 5.41) is 5.61. The minimum atomic E-state index is -0.160. The van der Waals surface area contributed by atoms with Gasteiger partial charge in [0, 0.05) is 11.6 Å². The molecule has 4 aromatic rings. The van der Waals surface area contributed by atoms with Gasteiger partial charge in [0.05, 0.1) is 17.3 Å². The molecule has 0 saturated carbocycles. The van der Waals surface area contributed by atoms with Crippen LogP contribution < -0.4 is 10.1 Å². The maximum atomic E-state index is 12.5. The van der Waals surface area contributed by atoms with Crippen molar-refractivity contribution in [1.29, 1.82) is 0 Å². The van der Waals surface area contributed by atoms with Gasteiger partial charge in [0.15, 0.2) is 5.13 Å². The second kappa shape index (κ2) is 5.94. The van der Waals surface area contributed by atoms with Crippen LogP contribution in [0.1, 0.15) is 10.4 Å². The van der Waals surface area contributed by atoms with Crippen molar-refractivity contribution in [3.63, 3.8) is 0 Å². The Balaban J connectivity index is 1.62. The number of amides is 1. The highest BCUT2D eigenvalue weighted by atomic mass is 32.1. The van der Waals surface area contributed by atoms with E-state index in [9.17, 15) is 4.79 Å². The lowest BCUT2D eigenvalue weighted by Gasteiger charge is -2.03. The zero-order valence-corrected chi connectivity index (χ0v) is 13.8. The van der Waals surface area contributed by atoms with Crippen LogP contribution in [0.5, 0.6) is 5.75 Å². The molecule has 0 aliphatic rings. The molecule has 4 rings (SSSR count). The first kappa shape index (κ1) is 14.7. The summed E-state index contributed by atoms with van der Waals surface area (Å²) in [5.41, 5.74) is 1.43. The summed E-state index contributed by atoms with van der Waals surface area (Å²) >= 11 is 1.44. The molecule has 0 atom stereocenters. The van der Waals surface area contributed by atoms with E-state index in [-0.39, 0.29) is 5.91 Å². The van der Waals surface area contributed by atoms with E-state index in [4.69, 9.17) is 4.74 Å². The van der Waals surface area contributed by atoms with Crippen molar-refractivity contribution in [2.45, 2.75) is 0 Å². The first-order valence-corrected chi connectivity index (χ1v) is 8.29. The van der Waals surface area contributed by atoms with E-state index in [2.05, 4.69) is 10.3 Å². The van der Waals surface area contributed by atoms with Gasteiger partial charge >= 0.3 is 0 Å². The molecule has 0 saturated heterocycles. The monoisotopic (exact) mass is 334 g/mol. The fourth-order valence-electron chi connectivity index (χ4n) is 2.59. The molecular weight excluding hydrogens is 320 g/mol. The lowest BCUT2D eigenvalue weighted by atomic mass is 10.1. The molecule has 5 heteroatoms. The number of carbonyl (C=O) groups excluding carboxylic acids is 1. The zero-order valence-electron chi connectivity index (χ0n) is 12.9. The number of benzene rings is 3. The van der Waals surface area contributed by atoms with E-state index >= 15 is 0 Å². The molecule has 1 heterocycles. The highest BCUT2D eigenvalue weighted by molar-refractivity contribution is 7.22. The largest absolute Gasteiger partial charge is 0.497 e. The number of hydrogen-bond donors (Lipinski definition) is 1. The summed E-state index contributed by atoms with van der Waals surface area (Å²) in [6.07, 6.45) is 0. The van der Waals surface area contributed by atoms with Gasteiger partial charge in [-0.3, -0.25) is 10.1 Å². The molecule has 1 aromatic heterocycles. The molecule has 0 spiro atoms. The van der Waals surface area contributed by atoms with E-state index in [1.807, 2.05) is 60.7 Å². The molecule has 0 bridgehead atoms. The summed E-state index contributed by atoms with van der Waals surface area (Å²) in [4.78, 5) is 16.9. The van der Waals surface area contributed by atoms with Crippen molar-refractivity contribution in [3.8, 4) is 5.75 Å². The number of nitrogens with zero attached hydrogens (tertiary/aromatic N) is 1. The van der Waals surface area contributed by atoms with Gasteiger partial charge in [-0.05, 0) is 35.0 Å². The van der Waals surface area contributed by atoms with Gasteiger partial charge in [0.2, 0.25) is 0 Å². The Hall–Kier alpha value is -2.92. The first-order chi connectivity index (χ1) is 11.7. The van der Waals surface area contributed by atoms with E-state index in [0.717, 1.165) is 26.7 Å². The first-order valence-electron chi connectivity index (χ1n) is 7.48. The van der Waals surface area contributed by atoms with E-state index < -0.39 is 0 Å². The number of thiazole rings is 1. The highest BCUT2D eigenvalue weighted by Crippen LogP contribution is 2.29. The lowest BCUT2D eigenvalue weighted by molar-refractivity contribution is 0.102. The Bertz CT molecular complexity index is 1060. The molecule has 118 valence electrons. The molecule has 3 aromatic carbocycles. The third-order valence-electron chi connectivity index (χ3n) is 3.83. The topological polar surface area (TPSA) is 51.2 Å². The number of ether oxygens (including phenoxy) is 1. The maximum Gasteiger partial charge on any atom is 0.257 e. The molecular formula is C19H14N2O2S. The maximum absolute atomic E-state index is 12.5. The number of methoxy groups -OCH3 is 1. The molecule has 0 radical (unpaired) electrons. The standard InChI is InChI=1S/C19H14N2O2S/c1-23-15-8-9-17-16(11-15)20-19(24-17)21-18(22)14-7-6-12-4-2-3-5-13(12)10-14/h2-11H,1H3,(H,20,21,22). The van der Waals surface area contributed by atoms with Crippen molar-refractivity contribution < 1.29 is 9.53 Å². The van der Waals surface area contributed by atoms with Gasteiger partial charge in [-0.1, -0.05) is 41.7 Å². The average Bonchev–Trinajstić information content (AvgIpc) is 3.02. The van der Waals surface area contributed by atoms with Crippen molar-refractivity contribution in [1.82, 2.24) is 4.98 Å². The van der Waals surface area contributed by atoms with Crippen LogP contribution in [-0.2, 0) is 0 Å². The molecule has 1 amide bonds. The fraction of sp³-hybridized carbons (Fsp3) is 0.0526. The van der Waals surface area contributed by atoms with Crippen LogP contribution in [0.25, 0.3) is 21.0 Å². The third kappa shape index (κ3) is 2.70. The van der Waals surface area contributed by atoms with Gasteiger partial charge in [-0.2, -0.15) is 0 Å². The second-order valence-corrected chi connectivity index (χ2v) is 6.40. The fourth-order valence-corrected chi connectivity index (χ4v) is 3.43. The van der Waals surface area contributed by atoms with Crippen molar-refractivity contribution in [2.75, 3.05) is 12.4 Å². The number of rotatable bonds is 3. The molecule has 0 aliphatic carbocycles. The molecule has 24 heavy (non-hydrogen) atoms. The van der Waals surface area contributed by atoms with Crippen LogP contribution in [-0.4, -0.2) is 18.0 Å². The number of anilines is 1. The molecule has 0 unspecified atom stereocenters. The van der Waals surface area contributed by atoms with Crippen molar-refractivity contribution in [2.24, 2.45) is 0 Å². The van der Waals surface area contributed by atoms with E-state index in [1.165, 1.54) is 11.3 Å². The smallest absolute Gasteiger partial charge is 0.257 e. The minimum Gasteiger partial charge on any atom is -0.497 e. The van der Waals surface area contributed by atoms with Crippen LogP contribution in [0, 0.1) is 0 Å². The summed E-state index contributed by atoms with van der Waals surface area (Å²) in [5.74, 6) is 0.590. The predicted octanol–water partition coefficient (Wildman–Crippen LogP) is 4.71. The highest BCUT2D eigenvalue weighted by Gasteiger charge is 2.11. The van der Waals surface area contributed by atoms with Crippen molar-refractivity contribution >= 4 is 43.4 Å². The van der Waals surface area contributed by atoms with Crippen LogP contribution in [0.15, 0.2) is 60.7 Å². The average molecular weight is 334 g/mol. The number of fused-ring (bicyclic) bond motifs is 2. The van der Waals surface area contributed by atoms with Gasteiger partial charge in [0.25, 0.3) is 5.91 Å². The number of nitrogens with one attached hydrogen (secondary N) is 1. The van der Waals surface area contributed by atoms with Gasteiger partial charge in [-0.25, -0.2) is 4.98 Å². The Morgan fingerprint density at radius 2 is 1.88 bits per heavy atom. The zero-order chi connectivity index (χ0) is 16.5. The van der Waals surface area contributed by atoms with Gasteiger partial charge in [-0.15, -0.1) is 0 Å². The van der Waals surface area contributed by atoms with E-state index in [0.29, 0.717) is 10.7 Å². The molecule has 0 fully saturated rings. The summed E-state index contributed by atoms with van der Waals surface area (Å²) in [6.45, 7) is 0. The SMILES string of the molecule is COc1ccc2sc(NC(=O)c3ccc4ccccc4c3)nc2c1. The Morgan fingerprint density at radius 1 is 1.04 bits per heavy atom. The van der Waals surface area contributed by atoms with Crippen molar-refractivity contribution in [3.05, 3.63) is 66.2 Å². The van der Waals surface area contributed by atoms with Gasteiger partial charge < -0.3 is 4.74 Å². The predicted molar refractivity (Wildman–Crippen MR) is 98.1 cm³/mol. The second-order valence-electron chi connectivity index (χ2n) is 5.37. The van der Waals surface area contributed by atoms with Crippen LogP contribution >= 0.6 is 11.3 Å². The Morgan fingerprint density at radius 3 is 2.71 bits per heavy atom. The minimum absolute atomic E-state index is 0.160. The Labute approximate surface area is 142 Å². The quantitative estimate of drug-likeness (QED) is 0.590. The molecule has 1 N–H and O–H groups in total. The number of hydrogen-bond acceptors (Lipinski definition) is 4. The van der Waals surface area contributed by atoms with Gasteiger partial charge in [0.1, 0.15) is 5.75 Å². The number of carbonyl (C=O) groups is 1. The molecule has 4 nitrogen and oxygen atoms in total.